The molecule has 88 valence electrons. The van der Waals surface area contributed by atoms with Crippen molar-refractivity contribution in [2.75, 3.05) is 13.2 Å². The van der Waals surface area contributed by atoms with Crippen molar-refractivity contribution >= 4 is 0 Å². The molecule has 0 radical (unpaired) electrons. The molecule has 0 spiro atoms. The van der Waals surface area contributed by atoms with Crippen LogP contribution in [-0.4, -0.2) is 13.2 Å². The van der Waals surface area contributed by atoms with E-state index in [9.17, 15) is 0 Å². The summed E-state index contributed by atoms with van der Waals surface area (Å²) in [6.45, 7) is 9.39. The maximum Gasteiger partial charge on any atom is 0.0494 e. The van der Waals surface area contributed by atoms with Crippen molar-refractivity contribution in [3.63, 3.8) is 0 Å². The molecule has 3 atom stereocenters. The van der Waals surface area contributed by atoms with Crippen LogP contribution >= 0.6 is 0 Å². The third kappa shape index (κ3) is 2.22. The normalized spacial score (nSPS) is 42.4. The van der Waals surface area contributed by atoms with Crippen LogP contribution in [0.2, 0.25) is 0 Å². The van der Waals surface area contributed by atoms with Crippen molar-refractivity contribution in [2.45, 2.75) is 52.9 Å². The van der Waals surface area contributed by atoms with Crippen molar-refractivity contribution < 1.29 is 4.74 Å². The highest BCUT2D eigenvalue weighted by Crippen LogP contribution is 2.49. The highest BCUT2D eigenvalue weighted by atomic mass is 16.5. The zero-order chi connectivity index (χ0) is 10.9. The molecule has 2 fully saturated rings. The van der Waals surface area contributed by atoms with Crippen molar-refractivity contribution in [1.29, 1.82) is 0 Å². The fourth-order valence-corrected chi connectivity index (χ4v) is 3.67. The van der Waals surface area contributed by atoms with Crippen LogP contribution in [-0.2, 0) is 4.74 Å². The highest BCUT2D eigenvalue weighted by molar-refractivity contribution is 4.90. The van der Waals surface area contributed by atoms with E-state index in [1.807, 2.05) is 0 Å². The van der Waals surface area contributed by atoms with Gasteiger partial charge in [-0.05, 0) is 48.9 Å². The van der Waals surface area contributed by atoms with Gasteiger partial charge in [-0.1, -0.05) is 27.2 Å². The summed E-state index contributed by atoms with van der Waals surface area (Å²) in [7, 11) is 0. The first kappa shape index (κ1) is 11.4. The molecule has 2 rings (SSSR count). The molecule has 1 aliphatic heterocycles. The Morgan fingerprint density at radius 2 is 2.00 bits per heavy atom. The van der Waals surface area contributed by atoms with Crippen LogP contribution < -0.4 is 0 Å². The fraction of sp³-hybridized carbons (Fsp3) is 1.00. The molecule has 0 aromatic heterocycles. The van der Waals surface area contributed by atoms with E-state index in [1.165, 1.54) is 32.1 Å². The van der Waals surface area contributed by atoms with Gasteiger partial charge in [0.05, 0.1) is 0 Å². The smallest absolute Gasteiger partial charge is 0.0494 e. The Hall–Kier alpha value is -0.0400. The lowest BCUT2D eigenvalue weighted by molar-refractivity contribution is -0.00330. The zero-order valence-corrected chi connectivity index (χ0v) is 10.6. The Kier molecular flexibility index (Phi) is 3.39. The molecule has 0 aromatic rings. The molecule has 1 heterocycles. The van der Waals surface area contributed by atoms with E-state index >= 15 is 0 Å². The van der Waals surface area contributed by atoms with Gasteiger partial charge >= 0.3 is 0 Å². The number of hydrogen-bond donors (Lipinski definition) is 0. The van der Waals surface area contributed by atoms with Gasteiger partial charge in [-0.2, -0.15) is 0 Å². The van der Waals surface area contributed by atoms with Crippen LogP contribution in [0.25, 0.3) is 0 Å². The van der Waals surface area contributed by atoms with Gasteiger partial charge in [0.2, 0.25) is 0 Å². The molecule has 0 aromatic carbocycles. The molecule has 2 bridgehead atoms. The van der Waals surface area contributed by atoms with Gasteiger partial charge < -0.3 is 4.74 Å². The number of rotatable bonds is 1. The molecule has 1 aliphatic carbocycles. The Balaban J connectivity index is 2.21. The lowest BCUT2D eigenvalue weighted by Crippen LogP contribution is -2.36. The average Bonchev–Trinajstić information content (AvgIpc) is 2.27. The summed E-state index contributed by atoms with van der Waals surface area (Å²) < 4.78 is 5.76. The van der Waals surface area contributed by atoms with Gasteiger partial charge in [-0.25, -0.2) is 0 Å². The molecule has 0 amide bonds. The topological polar surface area (TPSA) is 9.23 Å². The summed E-state index contributed by atoms with van der Waals surface area (Å²) in [5.41, 5.74) is 0.574. The summed E-state index contributed by atoms with van der Waals surface area (Å²) in [4.78, 5) is 0. The van der Waals surface area contributed by atoms with Crippen LogP contribution in [0.4, 0.5) is 0 Å². The summed E-state index contributed by atoms with van der Waals surface area (Å²) in [5, 5.41) is 0. The van der Waals surface area contributed by atoms with Crippen LogP contribution in [0.3, 0.4) is 0 Å². The lowest BCUT2D eigenvalue weighted by atomic mass is 9.64. The van der Waals surface area contributed by atoms with Gasteiger partial charge in [-0.15, -0.1) is 0 Å². The Labute approximate surface area is 94.6 Å². The third-order valence-corrected chi connectivity index (χ3v) is 5.11. The van der Waals surface area contributed by atoms with Gasteiger partial charge in [-0.3, -0.25) is 0 Å². The highest BCUT2D eigenvalue weighted by Gasteiger charge is 2.41. The largest absolute Gasteiger partial charge is 0.381 e. The Morgan fingerprint density at radius 1 is 1.20 bits per heavy atom. The maximum atomic E-state index is 5.76. The third-order valence-electron chi connectivity index (χ3n) is 5.11. The number of fused-ring (bicyclic) bond motifs is 3. The van der Waals surface area contributed by atoms with Gasteiger partial charge in [0, 0.05) is 13.2 Å². The maximum absolute atomic E-state index is 5.76. The molecule has 15 heavy (non-hydrogen) atoms. The predicted molar refractivity (Wildman–Crippen MR) is 63.8 cm³/mol. The molecule has 1 saturated carbocycles. The minimum absolute atomic E-state index is 0.574. The number of hydrogen-bond acceptors (Lipinski definition) is 1. The van der Waals surface area contributed by atoms with Crippen molar-refractivity contribution in [2.24, 2.45) is 23.2 Å². The first-order valence-corrected chi connectivity index (χ1v) is 6.70. The quantitative estimate of drug-likeness (QED) is 0.638. The van der Waals surface area contributed by atoms with E-state index < -0.39 is 0 Å². The number of ether oxygens (including phenoxy) is 1. The first-order valence-electron chi connectivity index (χ1n) is 6.70. The van der Waals surface area contributed by atoms with E-state index in [1.54, 1.807) is 0 Å². The van der Waals surface area contributed by atoms with Crippen LogP contribution in [0.1, 0.15) is 52.9 Å². The molecule has 1 heteroatoms. The lowest BCUT2D eigenvalue weighted by Gasteiger charge is -2.43. The van der Waals surface area contributed by atoms with E-state index in [2.05, 4.69) is 20.8 Å². The second-order valence-electron chi connectivity index (χ2n) is 6.22. The van der Waals surface area contributed by atoms with E-state index in [0.29, 0.717) is 5.41 Å². The Morgan fingerprint density at radius 3 is 2.73 bits per heavy atom. The summed E-state index contributed by atoms with van der Waals surface area (Å²) in [6, 6.07) is 0. The van der Waals surface area contributed by atoms with Gasteiger partial charge in [0.25, 0.3) is 0 Å². The predicted octanol–water partition coefficient (Wildman–Crippen LogP) is 3.88. The molecule has 0 N–H and O–H groups in total. The SMILES string of the molecule is CC(C)C1(C)CC2CCCC1CCOC2. The summed E-state index contributed by atoms with van der Waals surface area (Å²) in [6.07, 6.45) is 6.96. The minimum Gasteiger partial charge on any atom is -0.381 e. The molecule has 1 nitrogen and oxygen atoms in total. The molecular weight excluding hydrogens is 184 g/mol. The van der Waals surface area contributed by atoms with Crippen LogP contribution in [0, 0.1) is 23.2 Å². The van der Waals surface area contributed by atoms with E-state index in [-0.39, 0.29) is 0 Å². The molecular formula is C14H26O. The average molecular weight is 210 g/mol. The van der Waals surface area contributed by atoms with Crippen LogP contribution in [0.15, 0.2) is 0 Å². The second-order valence-corrected chi connectivity index (χ2v) is 6.22. The first-order chi connectivity index (χ1) is 7.13. The minimum atomic E-state index is 0.574. The molecule has 1 saturated heterocycles. The van der Waals surface area contributed by atoms with Gasteiger partial charge in [0.1, 0.15) is 0 Å². The van der Waals surface area contributed by atoms with Crippen molar-refractivity contribution in [3.05, 3.63) is 0 Å². The van der Waals surface area contributed by atoms with E-state index in [0.717, 1.165) is 31.0 Å². The van der Waals surface area contributed by atoms with Crippen LogP contribution in [0.5, 0.6) is 0 Å². The van der Waals surface area contributed by atoms with Gasteiger partial charge in [0.15, 0.2) is 0 Å². The van der Waals surface area contributed by atoms with Crippen molar-refractivity contribution in [1.82, 2.24) is 0 Å². The fourth-order valence-electron chi connectivity index (χ4n) is 3.67. The molecule has 2 aliphatic rings. The summed E-state index contributed by atoms with van der Waals surface area (Å²) in [5.74, 6) is 2.56. The standard InChI is InChI=1S/C14H26O/c1-11(2)14(3)9-12-5-4-6-13(14)7-8-15-10-12/h11-13H,4-10H2,1-3H3. The zero-order valence-electron chi connectivity index (χ0n) is 10.6. The second kappa shape index (κ2) is 4.45. The monoisotopic (exact) mass is 210 g/mol. The van der Waals surface area contributed by atoms with Crippen molar-refractivity contribution in [3.8, 4) is 0 Å². The summed E-state index contributed by atoms with van der Waals surface area (Å²) >= 11 is 0. The molecule has 3 unspecified atom stereocenters. The van der Waals surface area contributed by atoms with E-state index in [4.69, 9.17) is 4.74 Å². The Bertz CT molecular complexity index is 207.